The Morgan fingerprint density at radius 3 is 2.28 bits per heavy atom. The Morgan fingerprint density at radius 1 is 1.03 bits per heavy atom. The van der Waals surface area contributed by atoms with Crippen molar-refractivity contribution in [2.45, 2.75) is 43.6 Å². The number of para-hydroxylation sites is 1. The second-order valence-corrected chi connectivity index (χ2v) is 11.2. The standard InChI is InChI=1S/C24H26ClNO5S/c25-19-10-8-18(9-11-19)24(13-4-5-14-24)23(28)31-16-22(27)26(20-6-2-1-3-7-20)21-12-15-32(29,30)17-21/h1-3,6-11,21H,4-5,12-17H2. The molecule has 32 heavy (non-hydrogen) atoms. The fourth-order valence-electron chi connectivity index (χ4n) is 4.82. The maximum Gasteiger partial charge on any atom is 0.317 e. The summed E-state index contributed by atoms with van der Waals surface area (Å²) in [4.78, 5) is 27.9. The Kier molecular flexibility index (Phi) is 6.58. The van der Waals surface area contributed by atoms with Gasteiger partial charge in [0.1, 0.15) is 0 Å². The summed E-state index contributed by atoms with van der Waals surface area (Å²) in [7, 11) is -3.19. The van der Waals surface area contributed by atoms with Crippen molar-refractivity contribution >= 4 is 39.0 Å². The topological polar surface area (TPSA) is 80.8 Å². The number of hydrogen-bond acceptors (Lipinski definition) is 5. The molecule has 1 atom stereocenters. The highest BCUT2D eigenvalue weighted by molar-refractivity contribution is 7.91. The van der Waals surface area contributed by atoms with Crippen LogP contribution in [0.1, 0.15) is 37.7 Å². The average Bonchev–Trinajstić information content (AvgIpc) is 3.41. The first-order valence-electron chi connectivity index (χ1n) is 10.8. The average molecular weight is 476 g/mol. The molecule has 1 saturated carbocycles. The normalized spacial score (nSPS) is 21.2. The van der Waals surface area contributed by atoms with E-state index < -0.39 is 39.8 Å². The van der Waals surface area contributed by atoms with Gasteiger partial charge in [-0.2, -0.15) is 0 Å². The van der Waals surface area contributed by atoms with Crippen LogP contribution in [-0.2, 0) is 29.6 Å². The molecule has 1 unspecified atom stereocenters. The van der Waals surface area contributed by atoms with Crippen LogP contribution in [0.25, 0.3) is 0 Å². The molecule has 1 heterocycles. The van der Waals surface area contributed by atoms with Crippen LogP contribution in [0.3, 0.4) is 0 Å². The van der Waals surface area contributed by atoms with Gasteiger partial charge in [0.15, 0.2) is 16.4 Å². The number of sulfone groups is 1. The van der Waals surface area contributed by atoms with Gasteiger partial charge in [0.05, 0.1) is 23.0 Å². The lowest BCUT2D eigenvalue weighted by Gasteiger charge is -2.30. The summed E-state index contributed by atoms with van der Waals surface area (Å²) >= 11 is 6.01. The number of carbonyl (C=O) groups is 2. The molecule has 1 saturated heterocycles. The lowest BCUT2D eigenvalue weighted by atomic mass is 9.79. The molecular formula is C24H26ClNO5S. The van der Waals surface area contributed by atoms with Gasteiger partial charge < -0.3 is 9.64 Å². The van der Waals surface area contributed by atoms with E-state index in [2.05, 4.69) is 0 Å². The third kappa shape index (κ3) is 4.69. The van der Waals surface area contributed by atoms with E-state index in [9.17, 15) is 18.0 Å². The largest absolute Gasteiger partial charge is 0.455 e. The summed E-state index contributed by atoms with van der Waals surface area (Å²) < 4.78 is 29.6. The SMILES string of the molecule is O=C(COC(=O)C1(c2ccc(Cl)cc2)CCCC1)N(c1ccccc1)C1CCS(=O)(=O)C1. The minimum absolute atomic E-state index is 0.0494. The van der Waals surface area contributed by atoms with Crippen molar-refractivity contribution in [3.63, 3.8) is 0 Å². The minimum Gasteiger partial charge on any atom is -0.455 e. The molecule has 8 heteroatoms. The molecule has 1 amide bonds. The highest BCUT2D eigenvalue weighted by Crippen LogP contribution is 2.42. The van der Waals surface area contributed by atoms with Crippen molar-refractivity contribution in [1.29, 1.82) is 0 Å². The number of ether oxygens (including phenoxy) is 1. The molecule has 2 aromatic rings. The van der Waals surface area contributed by atoms with Gasteiger partial charge in [0.2, 0.25) is 0 Å². The first-order valence-corrected chi connectivity index (χ1v) is 13.0. The second-order valence-electron chi connectivity index (χ2n) is 8.53. The zero-order chi connectivity index (χ0) is 22.8. The number of amides is 1. The lowest BCUT2D eigenvalue weighted by molar-refractivity contribution is -0.154. The molecule has 2 fully saturated rings. The molecule has 0 spiro atoms. The summed E-state index contributed by atoms with van der Waals surface area (Å²) in [5, 5.41) is 0.593. The molecule has 1 aliphatic heterocycles. The van der Waals surface area contributed by atoms with Crippen LogP contribution in [0.2, 0.25) is 5.02 Å². The van der Waals surface area contributed by atoms with Crippen LogP contribution in [0, 0.1) is 0 Å². The molecule has 0 aromatic heterocycles. The molecule has 0 N–H and O–H groups in total. The van der Waals surface area contributed by atoms with E-state index in [1.54, 1.807) is 36.4 Å². The van der Waals surface area contributed by atoms with Crippen LogP contribution >= 0.6 is 11.6 Å². The van der Waals surface area contributed by atoms with E-state index in [1.807, 2.05) is 18.2 Å². The highest BCUT2D eigenvalue weighted by Gasteiger charge is 2.45. The van der Waals surface area contributed by atoms with Crippen molar-refractivity contribution in [2.75, 3.05) is 23.0 Å². The zero-order valence-electron chi connectivity index (χ0n) is 17.7. The van der Waals surface area contributed by atoms with E-state index in [-0.39, 0.29) is 11.5 Å². The van der Waals surface area contributed by atoms with Gasteiger partial charge in [0.25, 0.3) is 5.91 Å². The maximum atomic E-state index is 13.2. The monoisotopic (exact) mass is 475 g/mol. The maximum absolute atomic E-state index is 13.2. The summed E-state index contributed by atoms with van der Waals surface area (Å²) in [6.07, 6.45) is 3.49. The van der Waals surface area contributed by atoms with Crippen LogP contribution in [-0.4, -0.2) is 44.4 Å². The molecule has 4 rings (SSSR count). The molecule has 2 aliphatic rings. The lowest BCUT2D eigenvalue weighted by Crippen LogP contribution is -2.45. The van der Waals surface area contributed by atoms with Crippen molar-refractivity contribution in [1.82, 2.24) is 0 Å². The van der Waals surface area contributed by atoms with E-state index in [0.717, 1.165) is 18.4 Å². The molecule has 6 nitrogen and oxygen atoms in total. The number of benzene rings is 2. The van der Waals surface area contributed by atoms with E-state index >= 15 is 0 Å². The first kappa shape index (κ1) is 22.8. The number of nitrogens with zero attached hydrogens (tertiary/aromatic N) is 1. The van der Waals surface area contributed by atoms with Gasteiger partial charge in [-0.25, -0.2) is 8.42 Å². The van der Waals surface area contributed by atoms with Gasteiger partial charge in [-0.1, -0.05) is 54.8 Å². The number of anilines is 1. The Labute approximate surface area is 193 Å². The Morgan fingerprint density at radius 2 is 1.69 bits per heavy atom. The van der Waals surface area contributed by atoms with Gasteiger partial charge in [-0.15, -0.1) is 0 Å². The summed E-state index contributed by atoms with van der Waals surface area (Å²) in [6.45, 7) is -0.431. The molecule has 2 aromatic carbocycles. The van der Waals surface area contributed by atoms with Gasteiger partial charge in [-0.05, 0) is 49.1 Å². The zero-order valence-corrected chi connectivity index (χ0v) is 19.3. The third-order valence-electron chi connectivity index (χ3n) is 6.45. The first-order chi connectivity index (χ1) is 15.3. The Bertz CT molecular complexity index is 1080. The number of esters is 1. The van der Waals surface area contributed by atoms with E-state index in [4.69, 9.17) is 16.3 Å². The number of halogens is 1. The third-order valence-corrected chi connectivity index (χ3v) is 8.45. The van der Waals surface area contributed by atoms with Crippen molar-refractivity contribution in [2.24, 2.45) is 0 Å². The minimum atomic E-state index is -3.19. The summed E-state index contributed by atoms with van der Waals surface area (Å²) in [5.41, 5.74) is 0.668. The molecular weight excluding hydrogens is 450 g/mol. The van der Waals surface area contributed by atoms with E-state index in [1.165, 1.54) is 4.90 Å². The van der Waals surface area contributed by atoms with Crippen molar-refractivity contribution in [3.05, 3.63) is 65.2 Å². The summed E-state index contributed by atoms with van der Waals surface area (Å²) in [6, 6.07) is 15.7. The van der Waals surface area contributed by atoms with Gasteiger partial charge >= 0.3 is 5.97 Å². The van der Waals surface area contributed by atoms with Crippen LogP contribution in [0.4, 0.5) is 5.69 Å². The quantitative estimate of drug-likeness (QED) is 0.591. The van der Waals surface area contributed by atoms with Gasteiger partial charge in [0, 0.05) is 10.7 Å². The predicted molar refractivity (Wildman–Crippen MR) is 124 cm³/mol. The number of carbonyl (C=O) groups excluding carboxylic acids is 2. The van der Waals surface area contributed by atoms with Crippen LogP contribution < -0.4 is 4.90 Å². The number of hydrogen-bond donors (Lipinski definition) is 0. The van der Waals surface area contributed by atoms with Crippen molar-refractivity contribution in [3.8, 4) is 0 Å². The Balaban J connectivity index is 1.52. The molecule has 1 aliphatic carbocycles. The fourth-order valence-corrected chi connectivity index (χ4v) is 6.64. The number of rotatable bonds is 6. The molecule has 0 radical (unpaired) electrons. The molecule has 0 bridgehead atoms. The Hall–Kier alpha value is -2.38. The predicted octanol–water partition coefficient (Wildman–Crippen LogP) is 3.92. The van der Waals surface area contributed by atoms with Crippen LogP contribution in [0.5, 0.6) is 0 Å². The highest BCUT2D eigenvalue weighted by atomic mass is 35.5. The van der Waals surface area contributed by atoms with E-state index in [0.29, 0.717) is 30.0 Å². The van der Waals surface area contributed by atoms with Gasteiger partial charge in [-0.3, -0.25) is 9.59 Å². The second kappa shape index (κ2) is 9.24. The van der Waals surface area contributed by atoms with Crippen molar-refractivity contribution < 1.29 is 22.7 Å². The summed E-state index contributed by atoms with van der Waals surface area (Å²) in [5.74, 6) is -0.877. The molecule has 170 valence electrons. The fraction of sp³-hybridized carbons (Fsp3) is 0.417. The van der Waals surface area contributed by atoms with Crippen LogP contribution in [0.15, 0.2) is 54.6 Å². The smallest absolute Gasteiger partial charge is 0.317 e.